The van der Waals surface area contributed by atoms with E-state index in [1.54, 1.807) is 24.3 Å². The molecule has 2 aromatic rings. The van der Waals surface area contributed by atoms with Crippen molar-refractivity contribution in [3.63, 3.8) is 0 Å². The molecular formula is C13H9ClF2. The van der Waals surface area contributed by atoms with Gasteiger partial charge in [-0.15, -0.1) is 0 Å². The number of benzene rings is 2. The lowest BCUT2D eigenvalue weighted by atomic mass is 10.0. The van der Waals surface area contributed by atoms with Crippen molar-refractivity contribution < 1.29 is 8.78 Å². The highest BCUT2D eigenvalue weighted by atomic mass is 35.5. The van der Waals surface area contributed by atoms with Crippen LogP contribution in [0, 0.1) is 0 Å². The lowest BCUT2D eigenvalue weighted by molar-refractivity contribution is 0.0428. The number of hydrogen-bond acceptors (Lipinski definition) is 0. The molecule has 0 aliphatic rings. The molecule has 0 N–H and O–H groups in total. The third-order valence-electron chi connectivity index (χ3n) is 2.32. The van der Waals surface area contributed by atoms with Gasteiger partial charge in [0.25, 0.3) is 5.92 Å². The summed E-state index contributed by atoms with van der Waals surface area (Å²) in [6.07, 6.45) is 0. The fourth-order valence-corrected chi connectivity index (χ4v) is 1.69. The molecule has 0 amide bonds. The first-order valence-corrected chi connectivity index (χ1v) is 5.18. The van der Waals surface area contributed by atoms with E-state index in [0.29, 0.717) is 5.02 Å². The van der Waals surface area contributed by atoms with Crippen molar-refractivity contribution in [3.8, 4) is 0 Å². The van der Waals surface area contributed by atoms with Crippen LogP contribution in [0.4, 0.5) is 8.78 Å². The molecule has 0 bridgehead atoms. The molecule has 0 heterocycles. The van der Waals surface area contributed by atoms with Gasteiger partial charge in [0, 0.05) is 16.1 Å². The maximum atomic E-state index is 14.0. The van der Waals surface area contributed by atoms with Crippen LogP contribution in [0.15, 0.2) is 54.6 Å². The molecule has 0 aliphatic heterocycles. The van der Waals surface area contributed by atoms with Gasteiger partial charge in [-0.1, -0.05) is 54.1 Å². The normalized spacial score (nSPS) is 11.4. The molecule has 2 rings (SSSR count). The first kappa shape index (κ1) is 11.1. The molecule has 0 spiro atoms. The van der Waals surface area contributed by atoms with E-state index in [9.17, 15) is 8.78 Å². The maximum absolute atomic E-state index is 14.0. The van der Waals surface area contributed by atoms with Gasteiger partial charge in [-0.05, 0) is 12.1 Å². The standard InChI is InChI=1S/C13H9ClF2/c14-12-8-4-7-11(9-12)13(15,16)10-5-2-1-3-6-10/h1-9H. The zero-order chi connectivity index (χ0) is 11.6. The summed E-state index contributed by atoms with van der Waals surface area (Å²) in [5.74, 6) is -3.01. The molecular weight excluding hydrogens is 230 g/mol. The highest BCUT2D eigenvalue weighted by Crippen LogP contribution is 2.36. The van der Waals surface area contributed by atoms with Crippen LogP contribution in [0.1, 0.15) is 11.1 Å². The summed E-state index contributed by atoms with van der Waals surface area (Å²) in [6, 6.07) is 13.5. The highest BCUT2D eigenvalue weighted by molar-refractivity contribution is 6.30. The van der Waals surface area contributed by atoms with Crippen LogP contribution in [-0.4, -0.2) is 0 Å². The SMILES string of the molecule is FC(F)(c1ccccc1)c1cccc(Cl)c1. The molecule has 3 heteroatoms. The van der Waals surface area contributed by atoms with Crippen molar-refractivity contribution in [2.75, 3.05) is 0 Å². The van der Waals surface area contributed by atoms with Gasteiger partial charge >= 0.3 is 0 Å². The Labute approximate surface area is 97.5 Å². The lowest BCUT2D eigenvalue weighted by Gasteiger charge is -2.17. The molecule has 82 valence electrons. The van der Waals surface area contributed by atoms with Crippen molar-refractivity contribution in [2.45, 2.75) is 5.92 Å². The van der Waals surface area contributed by atoms with Crippen molar-refractivity contribution in [1.82, 2.24) is 0 Å². The summed E-state index contributed by atoms with van der Waals surface area (Å²) in [7, 11) is 0. The first-order valence-electron chi connectivity index (χ1n) is 4.80. The molecule has 2 aromatic carbocycles. The van der Waals surface area contributed by atoms with Crippen LogP contribution < -0.4 is 0 Å². The van der Waals surface area contributed by atoms with Crippen molar-refractivity contribution >= 4 is 11.6 Å². The van der Waals surface area contributed by atoms with Gasteiger partial charge in [0.1, 0.15) is 0 Å². The quantitative estimate of drug-likeness (QED) is 0.724. The second-order valence-corrected chi connectivity index (χ2v) is 3.89. The minimum atomic E-state index is -3.01. The Balaban J connectivity index is 2.47. The zero-order valence-electron chi connectivity index (χ0n) is 8.33. The lowest BCUT2D eigenvalue weighted by Crippen LogP contribution is -2.14. The highest BCUT2D eigenvalue weighted by Gasteiger charge is 2.33. The molecule has 0 aromatic heterocycles. The Hall–Kier alpha value is -1.41. The van der Waals surface area contributed by atoms with Crippen LogP contribution in [0.25, 0.3) is 0 Å². The Morgan fingerprint density at radius 1 is 0.812 bits per heavy atom. The Morgan fingerprint density at radius 2 is 1.44 bits per heavy atom. The summed E-state index contributed by atoms with van der Waals surface area (Å²) in [4.78, 5) is 0. The van der Waals surface area contributed by atoms with Crippen LogP contribution in [-0.2, 0) is 5.92 Å². The summed E-state index contributed by atoms with van der Waals surface area (Å²) in [5, 5.41) is 0.313. The third kappa shape index (κ3) is 2.07. The van der Waals surface area contributed by atoms with Gasteiger partial charge < -0.3 is 0 Å². The van der Waals surface area contributed by atoms with E-state index >= 15 is 0 Å². The molecule has 0 atom stereocenters. The Kier molecular flexibility index (Phi) is 2.92. The molecule has 0 saturated carbocycles. The summed E-state index contributed by atoms with van der Waals surface area (Å²) in [5.41, 5.74) is -0.122. The number of alkyl halides is 2. The van der Waals surface area contributed by atoms with E-state index in [4.69, 9.17) is 11.6 Å². The summed E-state index contributed by atoms with van der Waals surface area (Å²) in [6.45, 7) is 0. The van der Waals surface area contributed by atoms with Gasteiger partial charge in [0.05, 0.1) is 0 Å². The molecule has 0 saturated heterocycles. The van der Waals surface area contributed by atoms with Crippen molar-refractivity contribution in [1.29, 1.82) is 0 Å². The molecule has 16 heavy (non-hydrogen) atoms. The summed E-state index contributed by atoms with van der Waals surface area (Å²) < 4.78 is 28.0. The molecule has 0 radical (unpaired) electrons. The van der Waals surface area contributed by atoms with E-state index in [1.165, 1.54) is 30.3 Å². The Bertz CT molecular complexity index is 480. The molecule has 0 unspecified atom stereocenters. The van der Waals surface area contributed by atoms with Gasteiger partial charge in [-0.2, -0.15) is 8.78 Å². The second kappa shape index (κ2) is 4.22. The van der Waals surface area contributed by atoms with E-state index in [1.807, 2.05) is 0 Å². The Morgan fingerprint density at radius 3 is 2.06 bits per heavy atom. The van der Waals surface area contributed by atoms with Crippen molar-refractivity contribution in [2.24, 2.45) is 0 Å². The van der Waals surface area contributed by atoms with Crippen LogP contribution >= 0.6 is 11.6 Å². The molecule has 0 nitrogen and oxygen atoms in total. The number of rotatable bonds is 2. The smallest absolute Gasteiger partial charge is 0.196 e. The average Bonchev–Trinajstić information content (AvgIpc) is 2.30. The fourth-order valence-electron chi connectivity index (χ4n) is 1.50. The minimum absolute atomic E-state index is 0.0303. The number of hydrogen-bond donors (Lipinski definition) is 0. The number of halogens is 3. The van der Waals surface area contributed by atoms with Gasteiger partial charge in [-0.25, -0.2) is 0 Å². The van der Waals surface area contributed by atoms with Crippen LogP contribution in [0.3, 0.4) is 0 Å². The fraction of sp³-hybridized carbons (Fsp3) is 0.0769. The molecule has 0 aliphatic carbocycles. The van der Waals surface area contributed by atoms with Crippen LogP contribution in [0.5, 0.6) is 0 Å². The van der Waals surface area contributed by atoms with E-state index in [-0.39, 0.29) is 11.1 Å². The van der Waals surface area contributed by atoms with Gasteiger partial charge in [0.15, 0.2) is 0 Å². The first-order chi connectivity index (χ1) is 7.60. The average molecular weight is 239 g/mol. The topological polar surface area (TPSA) is 0 Å². The predicted molar refractivity (Wildman–Crippen MR) is 60.9 cm³/mol. The van der Waals surface area contributed by atoms with E-state index in [2.05, 4.69) is 0 Å². The predicted octanol–water partition coefficient (Wildman–Crippen LogP) is 4.48. The second-order valence-electron chi connectivity index (χ2n) is 3.45. The largest absolute Gasteiger partial charge is 0.298 e. The van der Waals surface area contributed by atoms with E-state index < -0.39 is 5.92 Å². The van der Waals surface area contributed by atoms with Gasteiger partial charge in [0.2, 0.25) is 0 Å². The van der Waals surface area contributed by atoms with E-state index in [0.717, 1.165) is 0 Å². The summed E-state index contributed by atoms with van der Waals surface area (Å²) >= 11 is 5.71. The van der Waals surface area contributed by atoms with Gasteiger partial charge in [-0.3, -0.25) is 0 Å². The maximum Gasteiger partial charge on any atom is 0.298 e. The molecule has 0 fully saturated rings. The minimum Gasteiger partial charge on any atom is -0.196 e. The van der Waals surface area contributed by atoms with Crippen molar-refractivity contribution in [3.05, 3.63) is 70.7 Å². The zero-order valence-corrected chi connectivity index (χ0v) is 9.09. The van der Waals surface area contributed by atoms with Crippen LogP contribution in [0.2, 0.25) is 5.02 Å². The monoisotopic (exact) mass is 238 g/mol. The third-order valence-corrected chi connectivity index (χ3v) is 2.56.